The van der Waals surface area contributed by atoms with Crippen molar-refractivity contribution in [3.05, 3.63) is 5.92 Å². The first-order chi connectivity index (χ1) is 5.01. The zero-order valence-corrected chi connectivity index (χ0v) is 7.85. The highest BCUT2D eigenvalue weighted by Crippen LogP contribution is 2.35. The Morgan fingerprint density at radius 2 is 1.73 bits per heavy atom. The highest BCUT2D eigenvalue weighted by molar-refractivity contribution is 4.93. The highest BCUT2D eigenvalue weighted by Gasteiger charge is 2.29. The van der Waals surface area contributed by atoms with Crippen molar-refractivity contribution in [3.63, 3.8) is 0 Å². The molecule has 65 valence electrons. The molecule has 0 aromatic carbocycles. The first-order valence-electron chi connectivity index (χ1n) is 4.54. The summed E-state index contributed by atoms with van der Waals surface area (Å²) in [5.74, 6) is 2.30. The van der Waals surface area contributed by atoms with Gasteiger partial charge in [-0.25, -0.2) is 0 Å². The Hall–Kier alpha value is -0.0400. The summed E-state index contributed by atoms with van der Waals surface area (Å²) in [6, 6.07) is 0. The third-order valence-electron chi connectivity index (χ3n) is 2.88. The van der Waals surface area contributed by atoms with Gasteiger partial charge in [-0.1, -0.05) is 13.8 Å². The van der Waals surface area contributed by atoms with Crippen molar-refractivity contribution < 1.29 is 5.11 Å². The molecule has 1 rings (SSSR count). The van der Waals surface area contributed by atoms with Crippen LogP contribution in [0.4, 0.5) is 0 Å². The quantitative estimate of drug-likeness (QED) is 0.617. The van der Waals surface area contributed by atoms with E-state index in [0.29, 0.717) is 0 Å². The van der Waals surface area contributed by atoms with Crippen LogP contribution >= 0.6 is 0 Å². The summed E-state index contributed by atoms with van der Waals surface area (Å²) in [6.45, 7) is 6.35. The molecule has 1 nitrogen and oxygen atoms in total. The van der Waals surface area contributed by atoms with Crippen LogP contribution in [0.5, 0.6) is 0 Å². The third-order valence-corrected chi connectivity index (χ3v) is 2.88. The van der Waals surface area contributed by atoms with Crippen LogP contribution in [-0.2, 0) is 0 Å². The van der Waals surface area contributed by atoms with Gasteiger partial charge in [-0.3, -0.25) is 0 Å². The van der Waals surface area contributed by atoms with Gasteiger partial charge in [0.15, 0.2) is 0 Å². The van der Waals surface area contributed by atoms with Crippen LogP contribution in [0, 0.1) is 11.8 Å². The minimum absolute atomic E-state index is 0.369. The number of rotatable bonds is 1. The summed E-state index contributed by atoms with van der Waals surface area (Å²) in [4.78, 5) is 0. The number of hydrogen-bond donors (Lipinski definition) is 1. The second kappa shape index (κ2) is 3.14. The fraction of sp³-hybridized carbons (Fsp3) is 0.900. The largest absolute Gasteiger partial charge is 0.390 e. The topological polar surface area (TPSA) is 20.2 Å². The van der Waals surface area contributed by atoms with E-state index in [0.717, 1.165) is 18.8 Å². The summed E-state index contributed by atoms with van der Waals surface area (Å²) >= 11 is 0. The molecule has 0 heterocycles. The van der Waals surface area contributed by atoms with E-state index in [1.807, 2.05) is 6.92 Å². The standard InChI is InChI=1S/C10H19O/c1-8(2)9-4-6-10(3,11)7-5-9/h9,11H,4-7H2,1-3H3. The fourth-order valence-electron chi connectivity index (χ4n) is 1.82. The maximum Gasteiger partial charge on any atom is 0.0620 e. The summed E-state index contributed by atoms with van der Waals surface area (Å²) in [7, 11) is 0. The second-order valence-corrected chi connectivity index (χ2v) is 4.35. The van der Waals surface area contributed by atoms with Crippen LogP contribution in [0.1, 0.15) is 46.5 Å². The molecule has 1 saturated carbocycles. The van der Waals surface area contributed by atoms with E-state index in [1.165, 1.54) is 18.8 Å². The maximum atomic E-state index is 9.66. The number of aliphatic hydroxyl groups is 1. The van der Waals surface area contributed by atoms with Crippen molar-refractivity contribution in [2.24, 2.45) is 5.92 Å². The van der Waals surface area contributed by atoms with Crippen LogP contribution in [0.25, 0.3) is 0 Å². The Morgan fingerprint density at radius 1 is 1.27 bits per heavy atom. The van der Waals surface area contributed by atoms with Gasteiger partial charge >= 0.3 is 0 Å². The van der Waals surface area contributed by atoms with Gasteiger partial charge in [0.25, 0.3) is 0 Å². The zero-order chi connectivity index (χ0) is 8.48. The van der Waals surface area contributed by atoms with Gasteiger partial charge < -0.3 is 5.11 Å². The van der Waals surface area contributed by atoms with Crippen LogP contribution < -0.4 is 0 Å². The fourth-order valence-corrected chi connectivity index (χ4v) is 1.82. The lowest BCUT2D eigenvalue weighted by Crippen LogP contribution is -2.31. The van der Waals surface area contributed by atoms with Crippen molar-refractivity contribution in [3.8, 4) is 0 Å². The molecule has 0 aliphatic heterocycles. The van der Waals surface area contributed by atoms with E-state index in [9.17, 15) is 5.11 Å². The van der Waals surface area contributed by atoms with Gasteiger partial charge in [-0.15, -0.1) is 0 Å². The second-order valence-electron chi connectivity index (χ2n) is 4.35. The predicted octanol–water partition coefficient (Wildman–Crippen LogP) is 2.54. The molecule has 0 saturated heterocycles. The average molecular weight is 155 g/mol. The van der Waals surface area contributed by atoms with Crippen molar-refractivity contribution in [1.29, 1.82) is 0 Å². The minimum atomic E-state index is -0.369. The van der Waals surface area contributed by atoms with E-state index >= 15 is 0 Å². The molecule has 1 radical (unpaired) electrons. The smallest absolute Gasteiger partial charge is 0.0620 e. The van der Waals surface area contributed by atoms with Gasteiger partial charge in [-0.05, 0) is 44.4 Å². The molecule has 0 unspecified atom stereocenters. The molecule has 0 bridgehead atoms. The third kappa shape index (κ3) is 2.48. The first-order valence-corrected chi connectivity index (χ1v) is 4.54. The van der Waals surface area contributed by atoms with Gasteiger partial charge in [0.2, 0.25) is 0 Å². The van der Waals surface area contributed by atoms with Crippen LogP contribution in [0.15, 0.2) is 0 Å². The Morgan fingerprint density at radius 3 is 2.09 bits per heavy atom. The number of hydrogen-bond acceptors (Lipinski definition) is 1. The molecular formula is C10H19O. The Kier molecular flexibility index (Phi) is 2.58. The molecule has 1 aliphatic rings. The summed E-state index contributed by atoms with van der Waals surface area (Å²) in [5, 5.41) is 9.66. The monoisotopic (exact) mass is 155 g/mol. The average Bonchev–Trinajstić information content (AvgIpc) is 1.86. The minimum Gasteiger partial charge on any atom is -0.390 e. The molecule has 0 spiro atoms. The van der Waals surface area contributed by atoms with E-state index in [4.69, 9.17) is 0 Å². The van der Waals surface area contributed by atoms with Crippen molar-refractivity contribution in [1.82, 2.24) is 0 Å². The molecule has 1 fully saturated rings. The van der Waals surface area contributed by atoms with E-state index < -0.39 is 0 Å². The molecule has 11 heavy (non-hydrogen) atoms. The normalized spacial score (nSPS) is 39.5. The van der Waals surface area contributed by atoms with Gasteiger partial charge in [0, 0.05) is 0 Å². The van der Waals surface area contributed by atoms with Crippen LogP contribution in [0.2, 0.25) is 0 Å². The Labute approximate surface area is 69.8 Å². The van der Waals surface area contributed by atoms with E-state index in [1.54, 1.807) is 0 Å². The predicted molar refractivity (Wildman–Crippen MR) is 47.2 cm³/mol. The van der Waals surface area contributed by atoms with Crippen LogP contribution in [-0.4, -0.2) is 10.7 Å². The Balaban J connectivity index is 2.36. The van der Waals surface area contributed by atoms with Crippen molar-refractivity contribution in [2.75, 3.05) is 0 Å². The van der Waals surface area contributed by atoms with Gasteiger partial charge in [0.1, 0.15) is 0 Å². The highest BCUT2D eigenvalue weighted by atomic mass is 16.3. The first kappa shape index (κ1) is 9.05. The molecule has 0 atom stereocenters. The molecule has 1 aliphatic carbocycles. The maximum absolute atomic E-state index is 9.66. The molecule has 0 amide bonds. The van der Waals surface area contributed by atoms with Gasteiger partial charge in [0.05, 0.1) is 5.60 Å². The summed E-state index contributed by atoms with van der Waals surface area (Å²) in [6.07, 6.45) is 4.30. The molecule has 0 aromatic rings. The molecule has 1 N–H and O–H groups in total. The lowest BCUT2D eigenvalue weighted by atomic mass is 9.75. The van der Waals surface area contributed by atoms with Gasteiger partial charge in [-0.2, -0.15) is 0 Å². The lowest BCUT2D eigenvalue weighted by molar-refractivity contribution is 0.0102. The van der Waals surface area contributed by atoms with Crippen molar-refractivity contribution in [2.45, 2.75) is 52.1 Å². The van der Waals surface area contributed by atoms with E-state index in [-0.39, 0.29) is 5.60 Å². The molecule has 1 heteroatoms. The SMILES string of the molecule is C[C](C)C1CCC(C)(O)CC1. The molecular weight excluding hydrogens is 136 g/mol. The summed E-state index contributed by atoms with van der Waals surface area (Å²) < 4.78 is 0. The Bertz CT molecular complexity index is 117. The van der Waals surface area contributed by atoms with E-state index in [2.05, 4.69) is 13.8 Å². The summed E-state index contributed by atoms with van der Waals surface area (Å²) in [5.41, 5.74) is -0.369. The lowest BCUT2D eigenvalue weighted by Gasteiger charge is -2.34. The van der Waals surface area contributed by atoms with Crippen molar-refractivity contribution >= 4 is 0 Å². The van der Waals surface area contributed by atoms with Crippen LogP contribution in [0.3, 0.4) is 0 Å². The molecule has 0 aromatic heterocycles. The zero-order valence-electron chi connectivity index (χ0n) is 7.85.